The van der Waals surface area contributed by atoms with Crippen molar-refractivity contribution in [2.45, 2.75) is 32.4 Å². The molecule has 0 spiro atoms. The van der Waals surface area contributed by atoms with Crippen molar-refractivity contribution >= 4 is 5.96 Å². The molecule has 0 atom stereocenters. The van der Waals surface area contributed by atoms with Crippen LogP contribution in [0.2, 0.25) is 0 Å². The number of guanidine groups is 1. The summed E-state index contributed by atoms with van der Waals surface area (Å²) in [5.74, 6) is 1.93. The summed E-state index contributed by atoms with van der Waals surface area (Å²) in [5.41, 5.74) is 1.11. The maximum atomic E-state index is 6.08. The highest BCUT2D eigenvalue weighted by molar-refractivity contribution is 5.80. The van der Waals surface area contributed by atoms with E-state index in [1.54, 1.807) is 0 Å². The summed E-state index contributed by atoms with van der Waals surface area (Å²) in [6.45, 7) is 5.51. The molecular weight excluding hydrogens is 314 g/mol. The van der Waals surface area contributed by atoms with Crippen LogP contribution < -0.4 is 10.1 Å². The van der Waals surface area contributed by atoms with Gasteiger partial charge in [-0.1, -0.05) is 18.2 Å². The Hall–Kier alpha value is -2.50. The minimum absolute atomic E-state index is 0.276. The van der Waals surface area contributed by atoms with Crippen LogP contribution in [0, 0.1) is 0 Å². The number of likely N-dealkylation sites (tertiary alicyclic amines) is 1. The topological polar surface area (TPSA) is 54.7 Å². The average Bonchev–Trinajstić information content (AvgIpc) is 3.05. The Morgan fingerprint density at radius 1 is 1.24 bits per heavy atom. The van der Waals surface area contributed by atoms with Crippen molar-refractivity contribution in [1.82, 2.24) is 20.0 Å². The molecule has 1 N–H and O–H groups in total. The lowest BCUT2D eigenvalue weighted by atomic mass is 10.1. The van der Waals surface area contributed by atoms with Crippen LogP contribution in [-0.2, 0) is 13.6 Å². The Kier molecular flexibility index (Phi) is 5.93. The molecule has 0 unspecified atom stereocenters. The molecule has 0 bridgehead atoms. The second kappa shape index (κ2) is 8.55. The number of benzene rings is 1. The highest BCUT2D eigenvalue weighted by atomic mass is 16.5. The summed E-state index contributed by atoms with van der Waals surface area (Å²) in [5, 5.41) is 7.60. The molecule has 1 saturated heterocycles. The highest BCUT2D eigenvalue weighted by Gasteiger charge is 2.22. The molecule has 1 aromatic carbocycles. The maximum absolute atomic E-state index is 6.08. The number of piperidine rings is 1. The average molecular weight is 341 g/mol. The van der Waals surface area contributed by atoms with Crippen LogP contribution in [-0.4, -0.2) is 46.4 Å². The fourth-order valence-corrected chi connectivity index (χ4v) is 3.02. The second-order valence-electron chi connectivity index (χ2n) is 6.23. The summed E-state index contributed by atoms with van der Waals surface area (Å²) in [4.78, 5) is 7.10. The lowest BCUT2D eigenvalue weighted by Gasteiger charge is -2.34. The van der Waals surface area contributed by atoms with Crippen LogP contribution in [0.25, 0.3) is 0 Å². The number of hydrogen-bond acceptors (Lipinski definition) is 3. The van der Waals surface area contributed by atoms with E-state index in [4.69, 9.17) is 9.73 Å². The van der Waals surface area contributed by atoms with E-state index in [9.17, 15) is 0 Å². The van der Waals surface area contributed by atoms with Gasteiger partial charge in [-0.05, 0) is 25.1 Å². The molecule has 0 saturated carbocycles. The number of nitrogens with one attached hydrogen (secondary N) is 1. The summed E-state index contributed by atoms with van der Waals surface area (Å²) < 4.78 is 7.95. The molecular formula is C19H27N5O. The van der Waals surface area contributed by atoms with Gasteiger partial charge in [0.2, 0.25) is 0 Å². The molecule has 1 aromatic heterocycles. The van der Waals surface area contributed by atoms with Gasteiger partial charge >= 0.3 is 0 Å². The Morgan fingerprint density at radius 2 is 2.00 bits per heavy atom. The summed E-state index contributed by atoms with van der Waals surface area (Å²) in [7, 11) is 1.95. The number of para-hydroxylation sites is 1. The van der Waals surface area contributed by atoms with E-state index in [-0.39, 0.29) is 6.10 Å². The predicted octanol–water partition coefficient (Wildman–Crippen LogP) is 2.43. The first kappa shape index (κ1) is 17.3. The van der Waals surface area contributed by atoms with Crippen LogP contribution in [0.3, 0.4) is 0 Å². The number of rotatable bonds is 5. The quantitative estimate of drug-likeness (QED) is 0.670. The van der Waals surface area contributed by atoms with Crippen molar-refractivity contribution in [2.75, 3.05) is 19.6 Å². The minimum atomic E-state index is 0.276. The van der Waals surface area contributed by atoms with Crippen LogP contribution in [0.1, 0.15) is 25.5 Å². The van der Waals surface area contributed by atoms with E-state index in [1.165, 1.54) is 0 Å². The predicted molar refractivity (Wildman–Crippen MR) is 99.7 cm³/mol. The molecule has 0 radical (unpaired) electrons. The van der Waals surface area contributed by atoms with Gasteiger partial charge in [-0.3, -0.25) is 4.68 Å². The largest absolute Gasteiger partial charge is 0.490 e. The third kappa shape index (κ3) is 4.75. The molecule has 6 heteroatoms. The zero-order valence-corrected chi connectivity index (χ0v) is 15.1. The number of hydrogen-bond donors (Lipinski definition) is 1. The first-order chi connectivity index (χ1) is 12.3. The zero-order valence-electron chi connectivity index (χ0n) is 15.1. The van der Waals surface area contributed by atoms with Crippen molar-refractivity contribution in [3.8, 4) is 5.75 Å². The number of aliphatic imine (C=N–C) groups is 1. The van der Waals surface area contributed by atoms with Gasteiger partial charge in [0.1, 0.15) is 11.9 Å². The van der Waals surface area contributed by atoms with Crippen molar-refractivity contribution < 1.29 is 4.74 Å². The SMILES string of the molecule is CCNC(=NCc1ccnn1C)N1CCC(Oc2ccccc2)CC1. The van der Waals surface area contributed by atoms with Crippen LogP contribution in [0.15, 0.2) is 47.6 Å². The maximum Gasteiger partial charge on any atom is 0.194 e. The smallest absolute Gasteiger partial charge is 0.194 e. The summed E-state index contributed by atoms with van der Waals surface area (Å²) >= 11 is 0. The molecule has 0 aliphatic carbocycles. The Morgan fingerprint density at radius 3 is 2.64 bits per heavy atom. The molecule has 0 amide bonds. The van der Waals surface area contributed by atoms with Crippen LogP contribution >= 0.6 is 0 Å². The normalized spacial score (nSPS) is 16.1. The Labute approximate surface area is 149 Å². The Balaban J connectivity index is 1.56. The molecule has 2 aromatic rings. The molecule has 134 valence electrons. The third-order valence-corrected chi connectivity index (χ3v) is 4.44. The van der Waals surface area contributed by atoms with Gasteiger partial charge in [0.05, 0.1) is 12.2 Å². The van der Waals surface area contributed by atoms with Crippen molar-refractivity contribution in [2.24, 2.45) is 12.0 Å². The van der Waals surface area contributed by atoms with E-state index in [0.29, 0.717) is 6.54 Å². The highest BCUT2D eigenvalue weighted by Crippen LogP contribution is 2.18. The number of aromatic nitrogens is 2. The summed E-state index contributed by atoms with van der Waals surface area (Å²) in [6.07, 6.45) is 4.10. The standard InChI is InChI=1S/C19H27N5O/c1-3-20-19(21-15-16-9-12-22-23(16)2)24-13-10-18(11-14-24)25-17-7-5-4-6-8-17/h4-9,12,18H,3,10-11,13-15H2,1-2H3,(H,20,21). The van der Waals surface area contributed by atoms with E-state index in [2.05, 4.69) is 22.2 Å². The van der Waals surface area contributed by atoms with Gasteiger partial charge in [0, 0.05) is 45.7 Å². The molecule has 6 nitrogen and oxygen atoms in total. The number of nitrogens with zero attached hydrogens (tertiary/aromatic N) is 4. The lowest BCUT2D eigenvalue weighted by molar-refractivity contribution is 0.129. The molecule has 1 aliphatic rings. The van der Waals surface area contributed by atoms with Crippen molar-refractivity contribution in [3.05, 3.63) is 48.3 Å². The first-order valence-electron chi connectivity index (χ1n) is 8.98. The van der Waals surface area contributed by atoms with Gasteiger partial charge in [-0.15, -0.1) is 0 Å². The van der Waals surface area contributed by atoms with E-state index < -0.39 is 0 Å². The molecule has 2 heterocycles. The molecule has 25 heavy (non-hydrogen) atoms. The first-order valence-corrected chi connectivity index (χ1v) is 8.98. The van der Waals surface area contributed by atoms with Gasteiger partial charge in [-0.2, -0.15) is 5.10 Å². The second-order valence-corrected chi connectivity index (χ2v) is 6.23. The van der Waals surface area contributed by atoms with E-state index in [1.807, 2.05) is 54.3 Å². The van der Waals surface area contributed by atoms with Gasteiger partial charge in [-0.25, -0.2) is 4.99 Å². The van der Waals surface area contributed by atoms with Crippen molar-refractivity contribution in [1.29, 1.82) is 0 Å². The molecule has 1 fully saturated rings. The van der Waals surface area contributed by atoms with Gasteiger partial charge in [0.25, 0.3) is 0 Å². The fourth-order valence-electron chi connectivity index (χ4n) is 3.02. The number of aryl methyl sites for hydroxylation is 1. The van der Waals surface area contributed by atoms with E-state index in [0.717, 1.165) is 49.9 Å². The van der Waals surface area contributed by atoms with Gasteiger partial charge < -0.3 is 15.0 Å². The van der Waals surface area contributed by atoms with Crippen LogP contribution in [0.4, 0.5) is 0 Å². The van der Waals surface area contributed by atoms with Gasteiger partial charge in [0.15, 0.2) is 5.96 Å². The zero-order chi connectivity index (χ0) is 17.5. The van der Waals surface area contributed by atoms with E-state index >= 15 is 0 Å². The number of ether oxygens (including phenoxy) is 1. The lowest BCUT2D eigenvalue weighted by Crippen LogP contribution is -2.47. The third-order valence-electron chi connectivity index (χ3n) is 4.44. The monoisotopic (exact) mass is 341 g/mol. The van der Waals surface area contributed by atoms with Crippen LogP contribution in [0.5, 0.6) is 5.75 Å². The minimum Gasteiger partial charge on any atom is -0.490 e. The Bertz CT molecular complexity index is 674. The summed E-state index contributed by atoms with van der Waals surface area (Å²) in [6, 6.07) is 12.1. The van der Waals surface area contributed by atoms with Crippen molar-refractivity contribution in [3.63, 3.8) is 0 Å². The fraction of sp³-hybridized carbons (Fsp3) is 0.474. The molecule has 3 rings (SSSR count). The molecule has 1 aliphatic heterocycles.